The van der Waals surface area contributed by atoms with Gasteiger partial charge < -0.3 is 10.1 Å². The molecule has 1 N–H and O–H groups in total. The van der Waals surface area contributed by atoms with Crippen LogP contribution in [0, 0.1) is 5.82 Å². The second-order valence-electron chi connectivity index (χ2n) is 4.77. The first-order valence-electron chi connectivity index (χ1n) is 6.72. The van der Waals surface area contributed by atoms with Crippen LogP contribution in [0.2, 0.25) is 0 Å². The summed E-state index contributed by atoms with van der Waals surface area (Å²) in [7, 11) is 3.32. The lowest BCUT2D eigenvalue weighted by Crippen LogP contribution is -2.18. The monoisotopic (exact) mass is 301 g/mol. The molecule has 21 heavy (non-hydrogen) atoms. The smallest absolute Gasteiger partial charge is 0.170 e. The molecule has 0 aliphatic carbocycles. The van der Waals surface area contributed by atoms with E-state index in [0.29, 0.717) is 5.56 Å². The van der Waals surface area contributed by atoms with Crippen molar-refractivity contribution in [1.29, 1.82) is 0 Å². The first-order valence-corrected chi connectivity index (χ1v) is 7.54. The van der Waals surface area contributed by atoms with E-state index in [4.69, 9.17) is 4.74 Å². The number of methoxy groups -OCH3 is 1. The molecule has 0 spiro atoms. The third kappa shape index (κ3) is 2.52. The SMILES string of the molecule is CNC(c1cc2ccccc2s1)c1cccc(OC)c1F. The maximum absolute atomic E-state index is 14.5. The van der Waals surface area contributed by atoms with Crippen molar-refractivity contribution < 1.29 is 9.13 Å². The van der Waals surface area contributed by atoms with Gasteiger partial charge in [-0.05, 0) is 30.6 Å². The van der Waals surface area contributed by atoms with E-state index >= 15 is 0 Å². The minimum Gasteiger partial charge on any atom is -0.494 e. The molecule has 0 amide bonds. The van der Waals surface area contributed by atoms with Gasteiger partial charge in [0.15, 0.2) is 11.6 Å². The first kappa shape index (κ1) is 14.0. The van der Waals surface area contributed by atoms with E-state index in [9.17, 15) is 4.39 Å². The quantitative estimate of drug-likeness (QED) is 0.773. The van der Waals surface area contributed by atoms with Crippen molar-refractivity contribution in [2.75, 3.05) is 14.2 Å². The Morgan fingerprint density at radius 2 is 1.95 bits per heavy atom. The van der Waals surface area contributed by atoms with E-state index in [1.54, 1.807) is 23.5 Å². The Labute approximate surface area is 127 Å². The van der Waals surface area contributed by atoms with Crippen LogP contribution >= 0.6 is 11.3 Å². The summed E-state index contributed by atoms with van der Waals surface area (Å²) in [5.41, 5.74) is 0.600. The lowest BCUT2D eigenvalue weighted by Gasteiger charge is -2.17. The Morgan fingerprint density at radius 3 is 2.67 bits per heavy atom. The molecule has 0 bridgehead atoms. The lowest BCUT2D eigenvalue weighted by atomic mass is 10.0. The molecule has 4 heteroatoms. The molecule has 0 aliphatic heterocycles. The zero-order valence-electron chi connectivity index (χ0n) is 11.9. The fraction of sp³-hybridized carbons (Fsp3) is 0.176. The van der Waals surface area contributed by atoms with E-state index in [1.165, 1.54) is 17.2 Å². The van der Waals surface area contributed by atoms with Gasteiger partial charge in [0.25, 0.3) is 0 Å². The van der Waals surface area contributed by atoms with Gasteiger partial charge in [-0.3, -0.25) is 0 Å². The van der Waals surface area contributed by atoms with Gasteiger partial charge in [0.05, 0.1) is 13.2 Å². The Bertz CT molecular complexity index is 735. The summed E-state index contributed by atoms with van der Waals surface area (Å²) in [6, 6.07) is 15.4. The second kappa shape index (κ2) is 5.84. The summed E-state index contributed by atoms with van der Waals surface area (Å²) in [6.07, 6.45) is 0. The van der Waals surface area contributed by atoms with Crippen LogP contribution in [-0.2, 0) is 0 Å². The first-order chi connectivity index (χ1) is 10.2. The number of rotatable bonds is 4. The molecule has 0 fully saturated rings. The Balaban J connectivity index is 2.09. The Morgan fingerprint density at radius 1 is 1.14 bits per heavy atom. The molecule has 0 radical (unpaired) electrons. The maximum Gasteiger partial charge on any atom is 0.170 e. The van der Waals surface area contributed by atoms with Gasteiger partial charge in [0, 0.05) is 15.1 Å². The summed E-state index contributed by atoms with van der Waals surface area (Å²) in [5.74, 6) is -0.0364. The minimum atomic E-state index is -0.309. The number of fused-ring (bicyclic) bond motifs is 1. The Hall–Kier alpha value is -1.91. The summed E-state index contributed by atoms with van der Waals surface area (Å²) in [5, 5.41) is 4.38. The molecule has 0 saturated carbocycles. The molecule has 0 saturated heterocycles. The Kier molecular flexibility index (Phi) is 3.90. The van der Waals surface area contributed by atoms with Crippen molar-refractivity contribution in [2.45, 2.75) is 6.04 Å². The van der Waals surface area contributed by atoms with Crippen LogP contribution in [0.25, 0.3) is 10.1 Å². The summed E-state index contributed by atoms with van der Waals surface area (Å²) in [6.45, 7) is 0. The van der Waals surface area contributed by atoms with Crippen molar-refractivity contribution in [3.05, 3.63) is 64.8 Å². The van der Waals surface area contributed by atoms with Gasteiger partial charge in [0.1, 0.15) is 0 Å². The van der Waals surface area contributed by atoms with Crippen molar-refractivity contribution in [2.24, 2.45) is 0 Å². The van der Waals surface area contributed by atoms with Crippen molar-refractivity contribution >= 4 is 21.4 Å². The number of nitrogens with one attached hydrogen (secondary N) is 1. The van der Waals surface area contributed by atoms with Crippen LogP contribution < -0.4 is 10.1 Å². The molecule has 1 aromatic heterocycles. The number of benzene rings is 2. The predicted molar refractivity (Wildman–Crippen MR) is 85.7 cm³/mol. The third-order valence-corrected chi connectivity index (χ3v) is 4.72. The van der Waals surface area contributed by atoms with Crippen LogP contribution in [0.5, 0.6) is 5.75 Å². The fourth-order valence-corrected chi connectivity index (χ4v) is 3.70. The molecule has 3 aromatic rings. The van der Waals surface area contributed by atoms with E-state index < -0.39 is 0 Å². The number of thiophene rings is 1. The topological polar surface area (TPSA) is 21.3 Å². The molecule has 1 heterocycles. The standard InChI is InChI=1S/C17H16FNOS/c1-19-17(12-7-5-8-13(20-2)16(12)18)15-10-11-6-3-4-9-14(11)21-15/h3-10,17,19H,1-2H3. The summed E-state index contributed by atoms with van der Waals surface area (Å²) in [4.78, 5) is 1.09. The molecule has 1 unspecified atom stereocenters. The largest absolute Gasteiger partial charge is 0.494 e. The van der Waals surface area contributed by atoms with Crippen molar-refractivity contribution in [3.63, 3.8) is 0 Å². The molecule has 3 rings (SSSR count). The fourth-order valence-electron chi connectivity index (χ4n) is 2.50. The number of halogens is 1. The zero-order valence-corrected chi connectivity index (χ0v) is 12.7. The van der Waals surface area contributed by atoms with Crippen LogP contribution in [0.1, 0.15) is 16.5 Å². The van der Waals surface area contributed by atoms with Gasteiger partial charge in [-0.15, -0.1) is 11.3 Å². The highest BCUT2D eigenvalue weighted by atomic mass is 32.1. The number of ether oxygens (including phenoxy) is 1. The van der Waals surface area contributed by atoms with Gasteiger partial charge in [-0.25, -0.2) is 4.39 Å². The van der Waals surface area contributed by atoms with Gasteiger partial charge in [-0.2, -0.15) is 0 Å². The third-order valence-electron chi connectivity index (χ3n) is 3.54. The predicted octanol–water partition coefficient (Wildman–Crippen LogP) is 4.36. The molecule has 1 atom stereocenters. The van der Waals surface area contributed by atoms with Gasteiger partial charge in [-0.1, -0.05) is 30.3 Å². The van der Waals surface area contributed by atoms with E-state index in [1.807, 2.05) is 25.2 Å². The normalized spacial score (nSPS) is 12.5. The van der Waals surface area contributed by atoms with Crippen molar-refractivity contribution in [3.8, 4) is 5.75 Å². The van der Waals surface area contributed by atoms with Crippen LogP contribution in [-0.4, -0.2) is 14.2 Å². The van der Waals surface area contributed by atoms with Crippen LogP contribution in [0.4, 0.5) is 4.39 Å². The highest BCUT2D eigenvalue weighted by Crippen LogP contribution is 2.35. The highest BCUT2D eigenvalue weighted by Gasteiger charge is 2.20. The van der Waals surface area contributed by atoms with E-state index in [-0.39, 0.29) is 17.6 Å². The molecule has 108 valence electrons. The van der Waals surface area contributed by atoms with Gasteiger partial charge >= 0.3 is 0 Å². The molecule has 2 aromatic carbocycles. The van der Waals surface area contributed by atoms with Crippen LogP contribution in [0.3, 0.4) is 0 Å². The van der Waals surface area contributed by atoms with E-state index in [2.05, 4.69) is 23.5 Å². The van der Waals surface area contributed by atoms with Crippen molar-refractivity contribution in [1.82, 2.24) is 5.32 Å². The molecular formula is C17H16FNOS. The average Bonchev–Trinajstić information content (AvgIpc) is 2.93. The number of hydrogen-bond donors (Lipinski definition) is 1. The zero-order chi connectivity index (χ0) is 14.8. The number of hydrogen-bond acceptors (Lipinski definition) is 3. The summed E-state index contributed by atoms with van der Waals surface area (Å²) < 4.78 is 20.8. The molecular weight excluding hydrogens is 285 g/mol. The second-order valence-corrected chi connectivity index (χ2v) is 5.89. The van der Waals surface area contributed by atoms with E-state index in [0.717, 1.165) is 4.88 Å². The van der Waals surface area contributed by atoms with Crippen LogP contribution in [0.15, 0.2) is 48.5 Å². The minimum absolute atomic E-state index is 0.183. The highest BCUT2D eigenvalue weighted by molar-refractivity contribution is 7.19. The molecule has 0 aliphatic rings. The molecule has 2 nitrogen and oxygen atoms in total. The summed E-state index contributed by atoms with van der Waals surface area (Å²) >= 11 is 1.68. The lowest BCUT2D eigenvalue weighted by molar-refractivity contribution is 0.382. The maximum atomic E-state index is 14.5. The van der Waals surface area contributed by atoms with Gasteiger partial charge in [0.2, 0.25) is 0 Å². The average molecular weight is 301 g/mol.